The largest absolute Gasteiger partial charge is 0.390 e. The van der Waals surface area contributed by atoms with Crippen molar-refractivity contribution in [2.75, 3.05) is 13.1 Å². The fourth-order valence-electron chi connectivity index (χ4n) is 1.70. The van der Waals surface area contributed by atoms with Crippen LogP contribution in [0, 0.1) is 0 Å². The van der Waals surface area contributed by atoms with Gasteiger partial charge in [0.2, 0.25) is 0 Å². The summed E-state index contributed by atoms with van der Waals surface area (Å²) >= 11 is 0. The van der Waals surface area contributed by atoms with E-state index in [-0.39, 0.29) is 6.10 Å². The van der Waals surface area contributed by atoms with E-state index in [9.17, 15) is 4.79 Å². The summed E-state index contributed by atoms with van der Waals surface area (Å²) < 4.78 is 0. The van der Waals surface area contributed by atoms with E-state index >= 15 is 0 Å². The molecule has 0 atom stereocenters. The molecule has 80 valence electrons. The van der Waals surface area contributed by atoms with Gasteiger partial charge in [0.05, 0.1) is 6.10 Å². The third-order valence-electron chi connectivity index (χ3n) is 2.46. The van der Waals surface area contributed by atoms with Crippen molar-refractivity contribution in [2.45, 2.75) is 12.6 Å². The Morgan fingerprint density at radius 3 is 3.00 bits per heavy atom. The molecule has 1 aromatic heterocycles. The van der Waals surface area contributed by atoms with Crippen molar-refractivity contribution in [2.24, 2.45) is 5.73 Å². The quantitative estimate of drug-likeness (QED) is 0.690. The van der Waals surface area contributed by atoms with Crippen molar-refractivity contribution in [3.8, 4) is 0 Å². The molecule has 1 aromatic rings. The van der Waals surface area contributed by atoms with E-state index in [1.165, 1.54) is 0 Å². The van der Waals surface area contributed by atoms with Gasteiger partial charge >= 0.3 is 0 Å². The Morgan fingerprint density at radius 2 is 2.40 bits per heavy atom. The van der Waals surface area contributed by atoms with Crippen molar-refractivity contribution in [1.29, 1.82) is 0 Å². The second-order valence-electron chi connectivity index (χ2n) is 3.72. The van der Waals surface area contributed by atoms with Crippen molar-refractivity contribution in [3.63, 3.8) is 0 Å². The first-order chi connectivity index (χ1) is 7.16. The minimum absolute atomic E-state index is 0.237. The predicted molar refractivity (Wildman–Crippen MR) is 54.0 cm³/mol. The minimum Gasteiger partial charge on any atom is -0.390 e. The summed E-state index contributed by atoms with van der Waals surface area (Å²) in [5, 5.41) is 9.13. The molecule has 0 aromatic carbocycles. The van der Waals surface area contributed by atoms with Crippen molar-refractivity contribution in [1.82, 2.24) is 9.88 Å². The molecule has 5 nitrogen and oxygen atoms in total. The van der Waals surface area contributed by atoms with Crippen molar-refractivity contribution in [3.05, 3.63) is 29.6 Å². The highest BCUT2D eigenvalue weighted by atomic mass is 16.3. The zero-order valence-corrected chi connectivity index (χ0v) is 8.26. The topological polar surface area (TPSA) is 79.5 Å². The van der Waals surface area contributed by atoms with Gasteiger partial charge in [0.1, 0.15) is 5.69 Å². The lowest BCUT2D eigenvalue weighted by Gasteiger charge is -2.35. The summed E-state index contributed by atoms with van der Waals surface area (Å²) in [4.78, 5) is 17.0. The lowest BCUT2D eigenvalue weighted by atomic mass is 10.1. The van der Waals surface area contributed by atoms with Gasteiger partial charge in [0.15, 0.2) is 0 Å². The first-order valence-electron chi connectivity index (χ1n) is 4.81. The Hall–Kier alpha value is -1.46. The molecule has 1 fully saturated rings. The molecule has 0 aliphatic carbocycles. The van der Waals surface area contributed by atoms with Gasteiger partial charge in [-0.2, -0.15) is 0 Å². The van der Waals surface area contributed by atoms with E-state index in [2.05, 4.69) is 4.98 Å². The lowest BCUT2D eigenvalue weighted by molar-refractivity contribution is -0.00301. The molecule has 2 heterocycles. The number of carbonyl (C=O) groups is 1. The smallest absolute Gasteiger partial charge is 0.267 e. The molecule has 3 N–H and O–H groups in total. The van der Waals surface area contributed by atoms with Crippen molar-refractivity contribution >= 4 is 5.91 Å². The molecular formula is C10H13N3O2. The molecule has 15 heavy (non-hydrogen) atoms. The van der Waals surface area contributed by atoms with Crippen LogP contribution in [0.2, 0.25) is 0 Å². The van der Waals surface area contributed by atoms with Crippen LogP contribution in [0.3, 0.4) is 0 Å². The zero-order valence-electron chi connectivity index (χ0n) is 8.26. The Labute approximate surface area is 87.5 Å². The van der Waals surface area contributed by atoms with E-state index < -0.39 is 5.91 Å². The summed E-state index contributed by atoms with van der Waals surface area (Å²) in [5.41, 5.74) is 6.34. The molecule has 5 heteroatoms. The maximum atomic E-state index is 11.1. The number of amides is 1. The number of rotatable bonds is 3. The van der Waals surface area contributed by atoms with Gasteiger partial charge in [-0.25, -0.2) is 0 Å². The number of likely N-dealkylation sites (tertiary alicyclic amines) is 1. The highest BCUT2D eigenvalue weighted by Crippen LogP contribution is 2.14. The maximum absolute atomic E-state index is 11.1. The maximum Gasteiger partial charge on any atom is 0.267 e. The molecule has 0 saturated carbocycles. The molecule has 0 bridgehead atoms. The van der Waals surface area contributed by atoms with Gasteiger partial charge in [-0.3, -0.25) is 14.7 Å². The summed E-state index contributed by atoms with van der Waals surface area (Å²) in [6, 6.07) is 3.61. The third kappa shape index (κ3) is 2.14. The molecule has 1 amide bonds. The number of carbonyl (C=O) groups excluding carboxylic acids is 1. The fourth-order valence-corrected chi connectivity index (χ4v) is 1.70. The van der Waals surface area contributed by atoms with Gasteiger partial charge in [-0.05, 0) is 11.6 Å². The Morgan fingerprint density at radius 1 is 1.67 bits per heavy atom. The highest BCUT2D eigenvalue weighted by Gasteiger charge is 2.25. The monoisotopic (exact) mass is 207 g/mol. The number of pyridine rings is 1. The molecular weight excluding hydrogens is 194 g/mol. The number of hydrogen-bond donors (Lipinski definition) is 2. The third-order valence-corrected chi connectivity index (χ3v) is 2.46. The van der Waals surface area contributed by atoms with Gasteiger partial charge in [0.25, 0.3) is 5.91 Å². The predicted octanol–water partition coefficient (Wildman–Crippen LogP) is -0.643. The summed E-state index contributed by atoms with van der Waals surface area (Å²) in [7, 11) is 0. The van der Waals surface area contributed by atoms with Crippen LogP contribution in [0.1, 0.15) is 16.1 Å². The van der Waals surface area contributed by atoms with Gasteiger partial charge in [-0.1, -0.05) is 6.07 Å². The number of nitrogens with zero attached hydrogens (tertiary/aromatic N) is 2. The van der Waals surface area contributed by atoms with Crippen LogP contribution in [0.4, 0.5) is 0 Å². The molecule has 1 saturated heterocycles. The van der Waals surface area contributed by atoms with Gasteiger partial charge in [-0.15, -0.1) is 0 Å². The number of primary amides is 1. The van der Waals surface area contributed by atoms with E-state index in [4.69, 9.17) is 10.8 Å². The number of aromatic nitrogens is 1. The summed E-state index contributed by atoms with van der Waals surface area (Å²) in [6.07, 6.45) is 1.31. The summed E-state index contributed by atoms with van der Waals surface area (Å²) in [6.45, 7) is 1.91. The number of nitrogens with two attached hydrogens (primary N) is 1. The lowest BCUT2D eigenvalue weighted by Crippen LogP contribution is -2.50. The Bertz CT molecular complexity index is 375. The SMILES string of the molecule is NC(=O)c1ncccc1CN1CC(O)C1. The number of aliphatic hydroxyl groups is 1. The molecule has 0 spiro atoms. The zero-order chi connectivity index (χ0) is 10.8. The van der Waals surface area contributed by atoms with Crippen LogP contribution in [-0.2, 0) is 6.54 Å². The first-order valence-corrected chi connectivity index (χ1v) is 4.81. The second kappa shape index (κ2) is 3.96. The minimum atomic E-state index is -0.508. The van der Waals surface area contributed by atoms with Crippen LogP contribution in [0.5, 0.6) is 0 Å². The normalized spacial score (nSPS) is 17.4. The summed E-state index contributed by atoms with van der Waals surface area (Å²) in [5.74, 6) is -0.508. The molecule has 0 unspecified atom stereocenters. The molecule has 2 rings (SSSR count). The van der Waals surface area contributed by atoms with Crippen LogP contribution in [-0.4, -0.2) is 40.1 Å². The molecule has 1 aliphatic rings. The average Bonchev–Trinajstić information content (AvgIpc) is 2.16. The second-order valence-corrected chi connectivity index (χ2v) is 3.72. The van der Waals surface area contributed by atoms with E-state index in [1.54, 1.807) is 12.3 Å². The van der Waals surface area contributed by atoms with E-state index in [0.29, 0.717) is 25.3 Å². The number of aliphatic hydroxyl groups excluding tert-OH is 1. The molecule has 0 radical (unpaired) electrons. The molecule has 1 aliphatic heterocycles. The average molecular weight is 207 g/mol. The van der Waals surface area contributed by atoms with Crippen LogP contribution in [0.15, 0.2) is 18.3 Å². The Kier molecular flexibility index (Phi) is 2.66. The standard InChI is InChI=1S/C10H13N3O2/c11-10(15)9-7(2-1-3-12-9)4-13-5-8(14)6-13/h1-3,8,14H,4-6H2,(H2,11,15). The van der Waals surface area contributed by atoms with Crippen LogP contribution < -0.4 is 5.73 Å². The van der Waals surface area contributed by atoms with E-state index in [1.807, 2.05) is 11.0 Å². The van der Waals surface area contributed by atoms with Crippen molar-refractivity contribution < 1.29 is 9.90 Å². The highest BCUT2D eigenvalue weighted by molar-refractivity contribution is 5.92. The van der Waals surface area contributed by atoms with Gasteiger partial charge in [0, 0.05) is 25.8 Å². The van der Waals surface area contributed by atoms with Gasteiger partial charge < -0.3 is 10.8 Å². The van der Waals surface area contributed by atoms with Crippen LogP contribution in [0.25, 0.3) is 0 Å². The number of β-amino-alcohol motifs (C(OH)–C–C–N with tert-alkyl or cyclic N) is 1. The Balaban J connectivity index is 2.10. The number of hydrogen-bond acceptors (Lipinski definition) is 4. The van der Waals surface area contributed by atoms with Crippen LogP contribution >= 0.6 is 0 Å². The first kappa shape index (κ1) is 10.1. The fraction of sp³-hybridized carbons (Fsp3) is 0.400. The van der Waals surface area contributed by atoms with E-state index in [0.717, 1.165) is 5.56 Å².